The zero-order valence-electron chi connectivity index (χ0n) is 6.57. The van der Waals surface area contributed by atoms with E-state index in [2.05, 4.69) is 10.1 Å². The summed E-state index contributed by atoms with van der Waals surface area (Å²) in [4.78, 5) is 3.90. The number of halogens is 1. The average Bonchev–Trinajstić information content (AvgIpc) is 2.52. The third-order valence-electron chi connectivity index (χ3n) is 1.60. The maximum atomic E-state index is 5.83. The molecular weight excluding hydrogens is 190 g/mol. The molecule has 0 aromatic carbocycles. The third kappa shape index (κ3) is 1.36. The van der Waals surface area contributed by atoms with Crippen molar-refractivity contribution in [3.63, 3.8) is 0 Å². The second-order valence-corrected chi connectivity index (χ2v) is 2.81. The summed E-state index contributed by atoms with van der Waals surface area (Å²) in [7, 11) is 0. The second kappa shape index (κ2) is 3.06. The lowest BCUT2D eigenvalue weighted by Crippen LogP contribution is -1.86. The fourth-order valence-corrected chi connectivity index (χ4v) is 1.21. The Balaban J connectivity index is 2.59. The molecule has 0 aliphatic heterocycles. The van der Waals surface area contributed by atoms with Crippen molar-refractivity contribution in [2.45, 2.75) is 0 Å². The number of pyridine rings is 1. The van der Waals surface area contributed by atoms with Gasteiger partial charge in [-0.3, -0.25) is 0 Å². The summed E-state index contributed by atoms with van der Waals surface area (Å²) >= 11 is 5.83. The molecule has 0 saturated carbocycles. The van der Waals surface area contributed by atoms with Crippen LogP contribution in [-0.4, -0.2) is 10.1 Å². The van der Waals surface area contributed by atoms with E-state index in [0.29, 0.717) is 22.2 Å². The fraction of sp³-hybridized carbons (Fsp3) is 0. The molecule has 0 fully saturated rings. The average molecular weight is 196 g/mol. The van der Waals surface area contributed by atoms with Crippen LogP contribution in [0.1, 0.15) is 0 Å². The molecule has 2 aromatic heterocycles. The first-order valence-electron chi connectivity index (χ1n) is 3.60. The minimum atomic E-state index is 0.353. The van der Waals surface area contributed by atoms with Crippen LogP contribution in [0.2, 0.25) is 5.15 Å². The number of nitrogens with two attached hydrogens (primary N) is 1. The molecule has 0 saturated heterocycles. The van der Waals surface area contributed by atoms with E-state index in [4.69, 9.17) is 21.9 Å². The lowest BCUT2D eigenvalue weighted by Gasteiger charge is -1.97. The number of anilines is 1. The van der Waals surface area contributed by atoms with Crippen LogP contribution in [0.25, 0.3) is 11.3 Å². The number of aromatic nitrogens is 2. The summed E-state index contributed by atoms with van der Waals surface area (Å²) in [6.45, 7) is 0. The van der Waals surface area contributed by atoms with Gasteiger partial charge in [-0.1, -0.05) is 16.8 Å². The molecular formula is C8H6ClN3O. The summed E-state index contributed by atoms with van der Waals surface area (Å²) in [6.07, 6.45) is 3.02. The lowest BCUT2D eigenvalue weighted by atomic mass is 10.2. The molecule has 0 radical (unpaired) electrons. The molecule has 13 heavy (non-hydrogen) atoms. The smallest absolute Gasteiger partial charge is 0.192 e. The predicted molar refractivity (Wildman–Crippen MR) is 49.2 cm³/mol. The maximum Gasteiger partial charge on any atom is 0.192 e. The molecule has 5 heteroatoms. The number of rotatable bonds is 1. The van der Waals surface area contributed by atoms with E-state index in [1.807, 2.05) is 0 Å². The Labute approximate surface area is 79.3 Å². The molecule has 0 bridgehead atoms. The minimum absolute atomic E-state index is 0.353. The normalized spacial score (nSPS) is 10.2. The topological polar surface area (TPSA) is 64.9 Å². The quantitative estimate of drug-likeness (QED) is 0.707. The van der Waals surface area contributed by atoms with Gasteiger partial charge in [0.1, 0.15) is 10.8 Å². The number of hydrogen-bond donors (Lipinski definition) is 1. The van der Waals surface area contributed by atoms with Crippen molar-refractivity contribution < 1.29 is 4.52 Å². The molecule has 0 spiro atoms. The standard InChI is InChI=1S/C8H6ClN3O/c9-8-5(2-1-3-11-8)7-6(10)4-12-13-7/h1-4H,10H2. The lowest BCUT2D eigenvalue weighted by molar-refractivity contribution is 0.432. The van der Waals surface area contributed by atoms with E-state index >= 15 is 0 Å². The molecule has 0 aliphatic rings. The SMILES string of the molecule is Nc1cnoc1-c1cccnc1Cl. The van der Waals surface area contributed by atoms with Crippen molar-refractivity contribution in [3.05, 3.63) is 29.7 Å². The second-order valence-electron chi connectivity index (χ2n) is 2.45. The van der Waals surface area contributed by atoms with E-state index in [9.17, 15) is 0 Å². The van der Waals surface area contributed by atoms with Crippen LogP contribution in [-0.2, 0) is 0 Å². The highest BCUT2D eigenvalue weighted by Gasteiger charge is 2.11. The van der Waals surface area contributed by atoms with Crippen LogP contribution in [0.4, 0.5) is 5.69 Å². The van der Waals surface area contributed by atoms with E-state index < -0.39 is 0 Å². The van der Waals surface area contributed by atoms with Crippen LogP contribution in [0.5, 0.6) is 0 Å². The first-order chi connectivity index (χ1) is 6.29. The zero-order valence-corrected chi connectivity index (χ0v) is 7.32. The Morgan fingerprint density at radius 1 is 1.46 bits per heavy atom. The van der Waals surface area contributed by atoms with Gasteiger partial charge >= 0.3 is 0 Å². The van der Waals surface area contributed by atoms with Gasteiger partial charge in [-0.25, -0.2) is 4.98 Å². The summed E-state index contributed by atoms with van der Waals surface area (Å²) in [5.74, 6) is 0.457. The van der Waals surface area contributed by atoms with Crippen molar-refractivity contribution in [2.75, 3.05) is 5.73 Å². The monoisotopic (exact) mass is 195 g/mol. The van der Waals surface area contributed by atoms with Gasteiger partial charge in [0.15, 0.2) is 5.76 Å². The highest BCUT2D eigenvalue weighted by molar-refractivity contribution is 6.32. The Kier molecular flexibility index (Phi) is 1.90. The van der Waals surface area contributed by atoms with Crippen LogP contribution < -0.4 is 5.73 Å². The van der Waals surface area contributed by atoms with Crippen LogP contribution in [0, 0.1) is 0 Å². The first-order valence-corrected chi connectivity index (χ1v) is 3.98. The summed E-state index contributed by atoms with van der Waals surface area (Å²) in [5, 5.41) is 3.91. The van der Waals surface area contributed by atoms with Crippen molar-refractivity contribution >= 4 is 17.3 Å². The molecule has 0 atom stereocenters. The predicted octanol–water partition coefficient (Wildman–Crippen LogP) is 1.97. The van der Waals surface area contributed by atoms with Gasteiger partial charge in [-0.2, -0.15) is 0 Å². The Hall–Kier alpha value is -1.55. The summed E-state index contributed by atoms with van der Waals surface area (Å²) in [5.41, 5.74) is 6.70. The van der Waals surface area contributed by atoms with Gasteiger partial charge in [0, 0.05) is 6.20 Å². The largest absolute Gasteiger partial charge is 0.394 e. The van der Waals surface area contributed by atoms with Gasteiger partial charge in [0.2, 0.25) is 0 Å². The van der Waals surface area contributed by atoms with Crippen LogP contribution in [0.3, 0.4) is 0 Å². The summed E-state index contributed by atoms with van der Waals surface area (Å²) < 4.78 is 4.93. The van der Waals surface area contributed by atoms with Gasteiger partial charge in [-0.15, -0.1) is 0 Å². The van der Waals surface area contributed by atoms with E-state index in [-0.39, 0.29) is 0 Å². The molecule has 2 heterocycles. The highest BCUT2D eigenvalue weighted by Crippen LogP contribution is 2.29. The Bertz CT molecular complexity index is 427. The number of nitrogens with zero attached hydrogens (tertiary/aromatic N) is 2. The number of nitrogen functional groups attached to an aromatic ring is 1. The van der Waals surface area contributed by atoms with Crippen molar-refractivity contribution in [1.82, 2.24) is 10.1 Å². The van der Waals surface area contributed by atoms with E-state index in [0.717, 1.165) is 0 Å². The minimum Gasteiger partial charge on any atom is -0.394 e. The van der Waals surface area contributed by atoms with Crippen LogP contribution in [0.15, 0.2) is 29.0 Å². The molecule has 0 unspecified atom stereocenters. The molecule has 2 N–H and O–H groups in total. The van der Waals surface area contributed by atoms with Gasteiger partial charge in [-0.05, 0) is 12.1 Å². The summed E-state index contributed by atoms with van der Waals surface area (Å²) in [6, 6.07) is 3.52. The number of hydrogen-bond acceptors (Lipinski definition) is 4. The zero-order chi connectivity index (χ0) is 9.26. The van der Waals surface area contributed by atoms with E-state index in [1.54, 1.807) is 18.3 Å². The maximum absolute atomic E-state index is 5.83. The first kappa shape index (κ1) is 8.07. The van der Waals surface area contributed by atoms with Gasteiger partial charge in [0.05, 0.1) is 11.8 Å². The molecule has 0 aliphatic carbocycles. The Morgan fingerprint density at radius 3 is 2.92 bits per heavy atom. The Morgan fingerprint density at radius 2 is 2.31 bits per heavy atom. The molecule has 4 nitrogen and oxygen atoms in total. The fourth-order valence-electron chi connectivity index (χ4n) is 1.01. The molecule has 2 rings (SSSR count). The van der Waals surface area contributed by atoms with Crippen molar-refractivity contribution in [1.29, 1.82) is 0 Å². The van der Waals surface area contributed by atoms with Crippen molar-refractivity contribution in [2.24, 2.45) is 0 Å². The highest BCUT2D eigenvalue weighted by atomic mass is 35.5. The molecule has 0 amide bonds. The van der Waals surface area contributed by atoms with Gasteiger partial charge in [0.25, 0.3) is 0 Å². The molecule has 66 valence electrons. The van der Waals surface area contributed by atoms with Crippen LogP contribution >= 0.6 is 11.6 Å². The molecule has 2 aromatic rings. The van der Waals surface area contributed by atoms with Crippen molar-refractivity contribution in [3.8, 4) is 11.3 Å². The third-order valence-corrected chi connectivity index (χ3v) is 1.90. The van der Waals surface area contributed by atoms with Gasteiger partial charge < -0.3 is 10.3 Å². The van der Waals surface area contributed by atoms with E-state index in [1.165, 1.54) is 6.20 Å².